The molecule has 1 aromatic rings. The SMILES string of the molecule is C=CCCCCC(C=C)CCC(=O)c1ccccn1. The van der Waals surface area contributed by atoms with Crippen LogP contribution in [0, 0.1) is 5.92 Å². The highest BCUT2D eigenvalue weighted by Gasteiger charge is 2.10. The van der Waals surface area contributed by atoms with Gasteiger partial charge in [0.2, 0.25) is 0 Å². The monoisotopic (exact) mass is 257 g/mol. The predicted octanol–water partition coefficient (Wildman–Crippen LogP) is 4.59. The summed E-state index contributed by atoms with van der Waals surface area (Å²) in [7, 11) is 0. The third kappa shape index (κ3) is 6.14. The number of carbonyl (C=O) groups excluding carboxylic acids is 1. The van der Waals surface area contributed by atoms with Gasteiger partial charge in [-0.05, 0) is 43.7 Å². The Kier molecular flexibility index (Phi) is 7.48. The Morgan fingerprint density at radius 3 is 2.74 bits per heavy atom. The van der Waals surface area contributed by atoms with E-state index >= 15 is 0 Å². The standard InChI is InChI=1S/C17H23NO/c1-3-5-6-7-10-15(4-2)12-13-17(19)16-11-8-9-14-18-16/h3-4,8-9,11,14-15H,1-2,5-7,10,12-13H2. The molecule has 0 aliphatic rings. The Bertz CT molecular complexity index is 397. The zero-order valence-corrected chi connectivity index (χ0v) is 11.6. The number of hydrogen-bond donors (Lipinski definition) is 0. The first-order valence-corrected chi connectivity index (χ1v) is 6.95. The highest BCUT2D eigenvalue weighted by atomic mass is 16.1. The summed E-state index contributed by atoms with van der Waals surface area (Å²) in [6.07, 6.45) is 11.5. The van der Waals surface area contributed by atoms with Crippen molar-refractivity contribution in [2.24, 2.45) is 5.92 Å². The summed E-state index contributed by atoms with van der Waals surface area (Å²) in [4.78, 5) is 16.0. The second kappa shape index (κ2) is 9.26. The summed E-state index contributed by atoms with van der Waals surface area (Å²) >= 11 is 0. The van der Waals surface area contributed by atoms with E-state index in [0.717, 1.165) is 19.3 Å². The minimum absolute atomic E-state index is 0.124. The average molecular weight is 257 g/mol. The van der Waals surface area contributed by atoms with Gasteiger partial charge >= 0.3 is 0 Å². The Labute approximate surface area is 116 Å². The first kappa shape index (κ1) is 15.4. The van der Waals surface area contributed by atoms with E-state index in [-0.39, 0.29) is 5.78 Å². The van der Waals surface area contributed by atoms with Gasteiger partial charge in [-0.1, -0.05) is 24.6 Å². The number of allylic oxidation sites excluding steroid dienone is 2. The van der Waals surface area contributed by atoms with Crippen LogP contribution in [0.5, 0.6) is 0 Å². The Morgan fingerprint density at radius 1 is 1.26 bits per heavy atom. The molecule has 0 aliphatic carbocycles. The zero-order chi connectivity index (χ0) is 13.9. The minimum Gasteiger partial charge on any atom is -0.292 e. The normalized spacial score (nSPS) is 11.8. The molecule has 0 bridgehead atoms. The molecule has 1 atom stereocenters. The van der Waals surface area contributed by atoms with Crippen molar-refractivity contribution < 1.29 is 4.79 Å². The summed E-state index contributed by atoms with van der Waals surface area (Å²) < 4.78 is 0. The van der Waals surface area contributed by atoms with Crippen LogP contribution < -0.4 is 0 Å². The smallest absolute Gasteiger partial charge is 0.181 e. The number of rotatable bonds is 10. The molecule has 2 heteroatoms. The van der Waals surface area contributed by atoms with Crippen molar-refractivity contribution in [2.75, 3.05) is 0 Å². The summed E-state index contributed by atoms with van der Waals surface area (Å²) in [5.41, 5.74) is 0.567. The minimum atomic E-state index is 0.124. The topological polar surface area (TPSA) is 30.0 Å². The van der Waals surface area contributed by atoms with Gasteiger partial charge in [0.15, 0.2) is 5.78 Å². The fourth-order valence-electron chi connectivity index (χ4n) is 2.05. The number of nitrogens with zero attached hydrogens (tertiary/aromatic N) is 1. The van der Waals surface area contributed by atoms with E-state index < -0.39 is 0 Å². The van der Waals surface area contributed by atoms with E-state index in [0.29, 0.717) is 18.0 Å². The summed E-state index contributed by atoms with van der Waals surface area (Å²) in [5, 5.41) is 0. The molecule has 0 amide bonds. The molecule has 0 radical (unpaired) electrons. The number of pyridine rings is 1. The molecule has 1 aromatic heterocycles. The van der Waals surface area contributed by atoms with Crippen molar-refractivity contribution in [3.8, 4) is 0 Å². The second-order valence-electron chi connectivity index (χ2n) is 4.75. The lowest BCUT2D eigenvalue weighted by Crippen LogP contribution is -2.05. The van der Waals surface area contributed by atoms with Gasteiger partial charge in [0, 0.05) is 12.6 Å². The van der Waals surface area contributed by atoms with Gasteiger partial charge in [-0.3, -0.25) is 9.78 Å². The predicted molar refractivity (Wildman–Crippen MR) is 80.2 cm³/mol. The number of ketones is 1. The molecule has 1 rings (SSSR count). The maximum atomic E-state index is 11.9. The molecule has 1 heterocycles. The molecule has 0 N–H and O–H groups in total. The van der Waals surface area contributed by atoms with Gasteiger partial charge < -0.3 is 0 Å². The fourth-order valence-corrected chi connectivity index (χ4v) is 2.05. The van der Waals surface area contributed by atoms with Gasteiger partial charge in [-0.2, -0.15) is 0 Å². The third-order valence-electron chi connectivity index (χ3n) is 3.26. The van der Waals surface area contributed by atoms with Crippen LogP contribution in [-0.4, -0.2) is 10.8 Å². The summed E-state index contributed by atoms with van der Waals surface area (Å²) in [5.74, 6) is 0.552. The fraction of sp³-hybridized carbons (Fsp3) is 0.412. The number of unbranched alkanes of at least 4 members (excludes halogenated alkanes) is 2. The molecule has 0 fully saturated rings. The van der Waals surface area contributed by atoms with E-state index in [1.807, 2.05) is 24.3 Å². The molecular formula is C17H23NO. The van der Waals surface area contributed by atoms with Crippen LogP contribution in [0.1, 0.15) is 49.0 Å². The lowest BCUT2D eigenvalue weighted by atomic mass is 9.94. The van der Waals surface area contributed by atoms with Crippen molar-refractivity contribution >= 4 is 5.78 Å². The maximum Gasteiger partial charge on any atom is 0.181 e. The van der Waals surface area contributed by atoms with Crippen molar-refractivity contribution in [3.05, 3.63) is 55.4 Å². The van der Waals surface area contributed by atoms with Crippen LogP contribution in [0.4, 0.5) is 0 Å². The third-order valence-corrected chi connectivity index (χ3v) is 3.26. The first-order valence-electron chi connectivity index (χ1n) is 6.95. The van der Waals surface area contributed by atoms with Crippen LogP contribution in [0.2, 0.25) is 0 Å². The van der Waals surface area contributed by atoms with Crippen molar-refractivity contribution in [1.29, 1.82) is 0 Å². The Morgan fingerprint density at radius 2 is 2.11 bits per heavy atom. The Balaban J connectivity index is 2.30. The molecule has 0 aromatic carbocycles. The molecule has 0 saturated carbocycles. The molecule has 0 saturated heterocycles. The van der Waals surface area contributed by atoms with Crippen LogP contribution >= 0.6 is 0 Å². The van der Waals surface area contributed by atoms with Gasteiger partial charge in [-0.15, -0.1) is 13.2 Å². The maximum absolute atomic E-state index is 11.9. The highest BCUT2D eigenvalue weighted by molar-refractivity contribution is 5.94. The number of carbonyl (C=O) groups is 1. The second-order valence-corrected chi connectivity index (χ2v) is 4.75. The van der Waals surface area contributed by atoms with E-state index in [1.165, 1.54) is 12.8 Å². The van der Waals surface area contributed by atoms with Gasteiger partial charge in [0.1, 0.15) is 5.69 Å². The molecular weight excluding hydrogens is 234 g/mol. The van der Waals surface area contributed by atoms with Crippen molar-refractivity contribution in [2.45, 2.75) is 38.5 Å². The summed E-state index contributed by atoms with van der Waals surface area (Å²) in [6.45, 7) is 7.58. The summed E-state index contributed by atoms with van der Waals surface area (Å²) in [6, 6.07) is 5.44. The average Bonchev–Trinajstić information content (AvgIpc) is 2.47. The molecule has 0 aliphatic heterocycles. The van der Waals surface area contributed by atoms with Crippen LogP contribution in [-0.2, 0) is 0 Å². The molecule has 1 unspecified atom stereocenters. The van der Waals surface area contributed by atoms with E-state index in [2.05, 4.69) is 18.1 Å². The van der Waals surface area contributed by atoms with Gasteiger partial charge in [0.25, 0.3) is 0 Å². The van der Waals surface area contributed by atoms with E-state index in [4.69, 9.17) is 0 Å². The lowest BCUT2D eigenvalue weighted by molar-refractivity contribution is 0.0970. The molecule has 102 valence electrons. The zero-order valence-electron chi connectivity index (χ0n) is 11.6. The van der Waals surface area contributed by atoms with E-state index in [1.54, 1.807) is 12.3 Å². The largest absolute Gasteiger partial charge is 0.292 e. The molecule has 2 nitrogen and oxygen atoms in total. The van der Waals surface area contributed by atoms with Crippen LogP contribution in [0.25, 0.3) is 0 Å². The number of hydrogen-bond acceptors (Lipinski definition) is 2. The van der Waals surface area contributed by atoms with Crippen molar-refractivity contribution in [3.63, 3.8) is 0 Å². The van der Waals surface area contributed by atoms with Crippen molar-refractivity contribution in [1.82, 2.24) is 4.98 Å². The van der Waals surface area contributed by atoms with Gasteiger partial charge in [0.05, 0.1) is 0 Å². The quantitative estimate of drug-likeness (QED) is 0.348. The molecule has 19 heavy (non-hydrogen) atoms. The lowest BCUT2D eigenvalue weighted by Gasteiger charge is -2.11. The van der Waals surface area contributed by atoms with Gasteiger partial charge in [-0.25, -0.2) is 0 Å². The molecule has 0 spiro atoms. The van der Waals surface area contributed by atoms with Crippen LogP contribution in [0.3, 0.4) is 0 Å². The number of aromatic nitrogens is 1. The Hall–Kier alpha value is -1.70. The highest BCUT2D eigenvalue weighted by Crippen LogP contribution is 2.18. The van der Waals surface area contributed by atoms with Crippen LogP contribution in [0.15, 0.2) is 49.7 Å². The first-order chi connectivity index (χ1) is 9.27. The number of Topliss-reactive ketones (excluding diaryl/α,β-unsaturated/α-hetero) is 1. The van der Waals surface area contributed by atoms with E-state index in [9.17, 15) is 4.79 Å².